The fourth-order valence-electron chi connectivity index (χ4n) is 1.98. The second-order valence-electron chi connectivity index (χ2n) is 4.50. The van der Waals surface area contributed by atoms with E-state index in [-0.39, 0.29) is 11.8 Å². The van der Waals surface area contributed by atoms with Gasteiger partial charge in [-0.1, -0.05) is 0 Å². The zero-order chi connectivity index (χ0) is 15.7. The highest BCUT2D eigenvalue weighted by atomic mass is 19.4. The van der Waals surface area contributed by atoms with Crippen LogP contribution in [0, 0.1) is 0 Å². The van der Waals surface area contributed by atoms with Gasteiger partial charge in [0.25, 0.3) is 0 Å². The van der Waals surface area contributed by atoms with Crippen LogP contribution in [0.5, 0.6) is 0 Å². The zero-order valence-electron chi connectivity index (χ0n) is 11.4. The van der Waals surface area contributed by atoms with Crippen LogP contribution in [0.15, 0.2) is 30.6 Å². The Kier molecular flexibility index (Phi) is 3.32. The lowest BCUT2D eigenvalue weighted by atomic mass is 10.2. The van der Waals surface area contributed by atoms with Gasteiger partial charge in [0.1, 0.15) is 11.4 Å². The van der Waals surface area contributed by atoms with Gasteiger partial charge in [-0.3, -0.25) is 5.10 Å². The number of benzene rings is 1. The van der Waals surface area contributed by atoms with Crippen LogP contribution in [-0.4, -0.2) is 27.2 Å². The lowest BCUT2D eigenvalue weighted by Gasteiger charge is -2.12. The molecule has 0 atom stereocenters. The smallest absolute Gasteiger partial charge is 0.372 e. The molecule has 114 valence electrons. The summed E-state index contributed by atoms with van der Waals surface area (Å²) in [6.45, 7) is 0. The van der Waals surface area contributed by atoms with Crippen LogP contribution < -0.4 is 10.6 Å². The van der Waals surface area contributed by atoms with E-state index in [1.165, 1.54) is 7.05 Å². The molecule has 0 saturated heterocycles. The molecule has 0 radical (unpaired) electrons. The minimum absolute atomic E-state index is 0.0659. The predicted octanol–water partition coefficient (Wildman–Crippen LogP) is 3.16. The van der Waals surface area contributed by atoms with Crippen molar-refractivity contribution >= 4 is 28.4 Å². The zero-order valence-corrected chi connectivity index (χ0v) is 11.4. The number of H-pyrrole nitrogens is 1. The number of hydrogen-bond donors (Lipinski definition) is 3. The van der Waals surface area contributed by atoms with Crippen molar-refractivity contribution in [2.75, 3.05) is 17.7 Å². The van der Waals surface area contributed by atoms with Gasteiger partial charge in [-0.05, 0) is 18.2 Å². The number of rotatable bonds is 3. The van der Waals surface area contributed by atoms with Gasteiger partial charge in [0.2, 0.25) is 5.95 Å². The number of alkyl halides is 3. The molecule has 0 fully saturated rings. The average Bonchev–Trinajstić information content (AvgIpc) is 2.93. The molecule has 1 aromatic carbocycles. The molecule has 2 aromatic heterocycles. The summed E-state index contributed by atoms with van der Waals surface area (Å²) in [5.74, 6) is -0.219. The SMILES string of the molecule is CNc1nc(Nc2ccc3cn[nH]c3c2)ncc1C(F)(F)F. The molecule has 3 N–H and O–H groups in total. The number of aromatic amines is 1. The fraction of sp³-hybridized carbons (Fsp3) is 0.154. The van der Waals surface area contributed by atoms with Crippen LogP contribution in [0.3, 0.4) is 0 Å². The maximum Gasteiger partial charge on any atom is 0.421 e. The topological polar surface area (TPSA) is 78.5 Å². The molecule has 9 heteroatoms. The van der Waals surface area contributed by atoms with Gasteiger partial charge in [0, 0.05) is 24.3 Å². The molecule has 0 saturated carbocycles. The van der Waals surface area contributed by atoms with Gasteiger partial charge in [-0.2, -0.15) is 23.3 Å². The predicted molar refractivity (Wildman–Crippen MR) is 76.0 cm³/mol. The van der Waals surface area contributed by atoms with Crippen molar-refractivity contribution in [1.82, 2.24) is 20.2 Å². The Morgan fingerprint density at radius 2 is 2.00 bits per heavy atom. The van der Waals surface area contributed by atoms with Gasteiger partial charge in [-0.15, -0.1) is 0 Å². The first-order valence-electron chi connectivity index (χ1n) is 6.29. The second-order valence-corrected chi connectivity index (χ2v) is 4.50. The van der Waals surface area contributed by atoms with Crippen molar-refractivity contribution in [3.8, 4) is 0 Å². The molecule has 2 heterocycles. The number of halogens is 3. The first-order valence-corrected chi connectivity index (χ1v) is 6.29. The van der Waals surface area contributed by atoms with Crippen molar-refractivity contribution < 1.29 is 13.2 Å². The molecule has 0 bridgehead atoms. The Morgan fingerprint density at radius 1 is 1.18 bits per heavy atom. The van der Waals surface area contributed by atoms with Gasteiger partial charge >= 0.3 is 6.18 Å². The number of nitrogens with zero attached hydrogens (tertiary/aromatic N) is 3. The van der Waals surface area contributed by atoms with Crippen molar-refractivity contribution in [3.05, 3.63) is 36.2 Å². The summed E-state index contributed by atoms with van der Waals surface area (Å²) in [6.07, 6.45) is -2.09. The lowest BCUT2D eigenvalue weighted by Crippen LogP contribution is -2.12. The molecular formula is C13H11F3N6. The maximum atomic E-state index is 12.8. The molecule has 0 unspecified atom stereocenters. The quantitative estimate of drug-likeness (QED) is 0.693. The monoisotopic (exact) mass is 308 g/mol. The van der Waals surface area contributed by atoms with E-state index in [4.69, 9.17) is 0 Å². The highest BCUT2D eigenvalue weighted by Crippen LogP contribution is 2.33. The number of hydrogen-bond acceptors (Lipinski definition) is 5. The first kappa shape index (κ1) is 14.1. The van der Waals surface area contributed by atoms with E-state index in [2.05, 4.69) is 30.8 Å². The van der Waals surface area contributed by atoms with Gasteiger partial charge < -0.3 is 10.6 Å². The van der Waals surface area contributed by atoms with E-state index < -0.39 is 11.7 Å². The minimum atomic E-state index is -4.51. The summed E-state index contributed by atoms with van der Waals surface area (Å²) in [4.78, 5) is 7.55. The van der Waals surface area contributed by atoms with Crippen molar-refractivity contribution in [2.24, 2.45) is 0 Å². The molecule has 0 spiro atoms. The Hall–Kier alpha value is -2.84. The van der Waals surface area contributed by atoms with E-state index in [9.17, 15) is 13.2 Å². The summed E-state index contributed by atoms with van der Waals surface area (Å²) in [5, 5.41) is 12.9. The summed E-state index contributed by atoms with van der Waals surface area (Å²) in [5.41, 5.74) is 0.522. The molecule has 0 aliphatic heterocycles. The van der Waals surface area contributed by atoms with Gasteiger partial charge in [-0.25, -0.2) is 4.98 Å². The number of nitrogens with one attached hydrogen (secondary N) is 3. The highest BCUT2D eigenvalue weighted by molar-refractivity contribution is 5.82. The molecule has 0 aliphatic carbocycles. The van der Waals surface area contributed by atoms with E-state index >= 15 is 0 Å². The maximum absolute atomic E-state index is 12.8. The normalized spacial score (nSPS) is 11.6. The minimum Gasteiger partial charge on any atom is -0.372 e. The summed E-state index contributed by atoms with van der Waals surface area (Å²) in [6, 6.07) is 5.35. The van der Waals surface area contributed by atoms with Crippen LogP contribution in [0.4, 0.5) is 30.6 Å². The first-order chi connectivity index (χ1) is 10.5. The molecule has 0 amide bonds. The Bertz CT molecular complexity index is 811. The van der Waals surface area contributed by atoms with Crippen LogP contribution >= 0.6 is 0 Å². The summed E-state index contributed by atoms with van der Waals surface area (Å²) < 4.78 is 38.3. The van der Waals surface area contributed by atoms with E-state index in [1.54, 1.807) is 18.3 Å². The van der Waals surface area contributed by atoms with Crippen LogP contribution in [-0.2, 0) is 6.18 Å². The van der Waals surface area contributed by atoms with Gasteiger partial charge in [0.15, 0.2) is 0 Å². The van der Waals surface area contributed by atoms with Crippen molar-refractivity contribution in [3.63, 3.8) is 0 Å². The third-order valence-corrected chi connectivity index (χ3v) is 3.03. The third-order valence-electron chi connectivity index (χ3n) is 3.03. The highest BCUT2D eigenvalue weighted by Gasteiger charge is 2.35. The Balaban J connectivity index is 1.91. The van der Waals surface area contributed by atoms with E-state index in [1.807, 2.05) is 6.07 Å². The number of fused-ring (bicyclic) bond motifs is 1. The van der Waals surface area contributed by atoms with Crippen LogP contribution in [0.25, 0.3) is 10.9 Å². The molecular weight excluding hydrogens is 297 g/mol. The summed E-state index contributed by atoms with van der Waals surface area (Å²) >= 11 is 0. The largest absolute Gasteiger partial charge is 0.421 e. The molecule has 3 aromatic rings. The van der Waals surface area contributed by atoms with Crippen molar-refractivity contribution in [1.29, 1.82) is 0 Å². The van der Waals surface area contributed by atoms with Crippen molar-refractivity contribution in [2.45, 2.75) is 6.18 Å². The standard InChI is InChI=1S/C13H11F3N6/c1-17-11-9(13(14,15)16)6-18-12(21-11)20-8-3-2-7-5-19-22-10(7)4-8/h2-6H,1H3,(H,19,22)(H2,17,18,20,21). The lowest BCUT2D eigenvalue weighted by molar-refractivity contribution is -0.137. The Morgan fingerprint density at radius 3 is 2.73 bits per heavy atom. The molecule has 6 nitrogen and oxygen atoms in total. The summed E-state index contributed by atoms with van der Waals surface area (Å²) in [7, 11) is 1.37. The second kappa shape index (κ2) is 5.17. The average molecular weight is 308 g/mol. The van der Waals surface area contributed by atoms with Gasteiger partial charge in [0.05, 0.1) is 11.7 Å². The molecule has 22 heavy (non-hydrogen) atoms. The van der Waals surface area contributed by atoms with Crippen LogP contribution in [0.2, 0.25) is 0 Å². The third kappa shape index (κ3) is 2.65. The number of aromatic nitrogens is 4. The molecule has 0 aliphatic rings. The van der Waals surface area contributed by atoms with E-state index in [0.717, 1.165) is 17.1 Å². The van der Waals surface area contributed by atoms with E-state index in [0.29, 0.717) is 5.69 Å². The number of anilines is 3. The Labute approximate surface area is 122 Å². The molecule has 3 rings (SSSR count). The van der Waals surface area contributed by atoms with Crippen LogP contribution in [0.1, 0.15) is 5.56 Å². The fourth-order valence-corrected chi connectivity index (χ4v) is 1.98.